The molecule has 1 aliphatic heterocycles. The predicted octanol–water partition coefficient (Wildman–Crippen LogP) is 3.64. The third-order valence-corrected chi connectivity index (χ3v) is 5.40. The molecule has 29 heavy (non-hydrogen) atoms. The molecule has 1 aliphatic rings. The molecule has 1 amide bonds. The number of hydrogen-bond donors (Lipinski definition) is 0. The number of nitrogens with zero attached hydrogens (tertiary/aromatic N) is 3. The van der Waals surface area contributed by atoms with E-state index >= 15 is 0 Å². The molecule has 0 spiro atoms. The standard InChI is InChI=1S/C24H25N3O2/c1-29-22-11-5-9-20(17-22)23(19-7-3-2-4-8-19)26-13-15-27(16-14-26)24(28)21-10-6-12-25-18-21/h2-12,17-18,23H,13-16H2,1H3. The number of amides is 1. The van der Waals surface area contributed by atoms with E-state index in [1.807, 2.05) is 29.2 Å². The molecule has 2 aromatic carbocycles. The fraction of sp³-hybridized carbons (Fsp3) is 0.250. The number of rotatable bonds is 5. The van der Waals surface area contributed by atoms with Crippen molar-refractivity contribution in [2.75, 3.05) is 33.3 Å². The number of carbonyl (C=O) groups excluding carboxylic acids is 1. The Bertz CT molecular complexity index is 939. The summed E-state index contributed by atoms with van der Waals surface area (Å²) >= 11 is 0. The minimum Gasteiger partial charge on any atom is -0.497 e. The van der Waals surface area contributed by atoms with Crippen molar-refractivity contribution in [3.05, 3.63) is 95.8 Å². The van der Waals surface area contributed by atoms with Gasteiger partial charge in [-0.05, 0) is 35.4 Å². The molecular weight excluding hydrogens is 362 g/mol. The third kappa shape index (κ3) is 4.30. The molecule has 0 bridgehead atoms. The van der Waals surface area contributed by atoms with E-state index in [9.17, 15) is 4.79 Å². The largest absolute Gasteiger partial charge is 0.497 e. The van der Waals surface area contributed by atoms with Crippen LogP contribution in [0.3, 0.4) is 0 Å². The van der Waals surface area contributed by atoms with E-state index in [1.165, 1.54) is 11.1 Å². The Kier molecular flexibility index (Phi) is 5.86. The van der Waals surface area contributed by atoms with Gasteiger partial charge in [-0.3, -0.25) is 14.7 Å². The van der Waals surface area contributed by atoms with Crippen molar-refractivity contribution in [1.82, 2.24) is 14.8 Å². The Morgan fingerprint density at radius 2 is 1.69 bits per heavy atom. The maximum absolute atomic E-state index is 12.8. The summed E-state index contributed by atoms with van der Waals surface area (Å²) in [6.45, 7) is 3.01. The molecule has 1 aromatic heterocycles. The highest BCUT2D eigenvalue weighted by atomic mass is 16.5. The van der Waals surface area contributed by atoms with Gasteiger partial charge in [-0.2, -0.15) is 0 Å². The van der Waals surface area contributed by atoms with Crippen LogP contribution in [0.2, 0.25) is 0 Å². The summed E-state index contributed by atoms with van der Waals surface area (Å²) in [5.74, 6) is 0.907. The van der Waals surface area contributed by atoms with Crippen molar-refractivity contribution >= 4 is 5.91 Å². The van der Waals surface area contributed by atoms with Gasteiger partial charge in [-0.1, -0.05) is 42.5 Å². The van der Waals surface area contributed by atoms with Gasteiger partial charge in [0.2, 0.25) is 0 Å². The maximum atomic E-state index is 12.8. The van der Waals surface area contributed by atoms with Gasteiger partial charge in [0.05, 0.1) is 18.7 Å². The van der Waals surface area contributed by atoms with Crippen LogP contribution in [-0.2, 0) is 0 Å². The van der Waals surface area contributed by atoms with Crippen molar-refractivity contribution in [2.45, 2.75) is 6.04 Å². The summed E-state index contributed by atoms with van der Waals surface area (Å²) < 4.78 is 5.45. The van der Waals surface area contributed by atoms with Gasteiger partial charge in [-0.15, -0.1) is 0 Å². The summed E-state index contributed by atoms with van der Waals surface area (Å²) in [6, 6.07) is 22.5. The second kappa shape index (κ2) is 8.88. The highest BCUT2D eigenvalue weighted by Gasteiger charge is 2.28. The molecule has 148 valence electrons. The molecular formula is C24H25N3O2. The molecule has 2 heterocycles. The molecule has 1 saturated heterocycles. The smallest absolute Gasteiger partial charge is 0.255 e. The van der Waals surface area contributed by atoms with Crippen LogP contribution in [0.4, 0.5) is 0 Å². The van der Waals surface area contributed by atoms with Gasteiger partial charge >= 0.3 is 0 Å². The van der Waals surface area contributed by atoms with Crippen molar-refractivity contribution in [3.8, 4) is 5.75 Å². The lowest BCUT2D eigenvalue weighted by molar-refractivity contribution is 0.0597. The number of carbonyl (C=O) groups is 1. The fourth-order valence-corrected chi connectivity index (χ4v) is 3.92. The van der Waals surface area contributed by atoms with Gasteiger partial charge in [0.25, 0.3) is 5.91 Å². The second-order valence-electron chi connectivity index (χ2n) is 7.16. The number of pyridine rings is 1. The van der Waals surface area contributed by atoms with Crippen LogP contribution in [0, 0.1) is 0 Å². The first-order chi connectivity index (χ1) is 14.3. The van der Waals surface area contributed by atoms with E-state index in [2.05, 4.69) is 46.3 Å². The SMILES string of the molecule is COc1cccc(C(c2ccccc2)N2CCN(C(=O)c3cccnc3)CC2)c1. The quantitative estimate of drug-likeness (QED) is 0.671. The Labute approximate surface area is 171 Å². The van der Waals surface area contributed by atoms with Crippen molar-refractivity contribution < 1.29 is 9.53 Å². The molecule has 5 nitrogen and oxygen atoms in total. The van der Waals surface area contributed by atoms with Gasteiger partial charge in [0, 0.05) is 38.6 Å². The number of methoxy groups -OCH3 is 1. The monoisotopic (exact) mass is 387 g/mol. The molecule has 0 radical (unpaired) electrons. The molecule has 3 aromatic rings. The van der Waals surface area contributed by atoms with Crippen LogP contribution in [0.25, 0.3) is 0 Å². The summed E-state index contributed by atoms with van der Waals surface area (Å²) in [7, 11) is 1.69. The molecule has 1 atom stereocenters. The van der Waals surface area contributed by atoms with Crippen molar-refractivity contribution in [3.63, 3.8) is 0 Å². The predicted molar refractivity (Wildman–Crippen MR) is 113 cm³/mol. The topological polar surface area (TPSA) is 45.7 Å². The average molecular weight is 387 g/mol. The number of piperazine rings is 1. The van der Waals surface area contributed by atoms with Crippen LogP contribution >= 0.6 is 0 Å². The van der Waals surface area contributed by atoms with Crippen LogP contribution in [0.15, 0.2) is 79.1 Å². The zero-order valence-corrected chi connectivity index (χ0v) is 16.6. The normalized spacial score (nSPS) is 15.7. The van der Waals surface area contributed by atoms with E-state index in [0.29, 0.717) is 18.7 Å². The van der Waals surface area contributed by atoms with Gasteiger partial charge < -0.3 is 9.64 Å². The highest BCUT2D eigenvalue weighted by molar-refractivity contribution is 5.93. The van der Waals surface area contributed by atoms with E-state index in [0.717, 1.165) is 18.8 Å². The zero-order valence-electron chi connectivity index (χ0n) is 16.6. The lowest BCUT2D eigenvalue weighted by Gasteiger charge is -2.39. The minimum absolute atomic E-state index is 0.0513. The van der Waals surface area contributed by atoms with Crippen LogP contribution < -0.4 is 4.74 Å². The molecule has 4 rings (SSSR count). The van der Waals surface area contributed by atoms with Crippen LogP contribution in [-0.4, -0.2) is 54.0 Å². The van der Waals surface area contributed by atoms with Gasteiger partial charge in [-0.25, -0.2) is 0 Å². The van der Waals surface area contributed by atoms with E-state index in [4.69, 9.17) is 4.74 Å². The number of ether oxygens (including phenoxy) is 1. The van der Waals surface area contributed by atoms with Crippen LogP contribution in [0.1, 0.15) is 27.5 Å². The molecule has 1 unspecified atom stereocenters. The highest BCUT2D eigenvalue weighted by Crippen LogP contribution is 2.31. The minimum atomic E-state index is 0.0513. The summed E-state index contributed by atoms with van der Waals surface area (Å²) in [5, 5.41) is 0. The Balaban J connectivity index is 1.55. The zero-order chi connectivity index (χ0) is 20.1. The average Bonchev–Trinajstić information content (AvgIpc) is 2.81. The molecule has 0 aliphatic carbocycles. The number of benzene rings is 2. The van der Waals surface area contributed by atoms with Crippen molar-refractivity contribution in [2.24, 2.45) is 0 Å². The third-order valence-electron chi connectivity index (χ3n) is 5.40. The van der Waals surface area contributed by atoms with E-state index in [1.54, 1.807) is 25.6 Å². The summed E-state index contributed by atoms with van der Waals surface area (Å²) in [6.07, 6.45) is 3.32. The second-order valence-corrected chi connectivity index (χ2v) is 7.16. The molecule has 5 heteroatoms. The van der Waals surface area contributed by atoms with Crippen molar-refractivity contribution in [1.29, 1.82) is 0 Å². The van der Waals surface area contributed by atoms with Gasteiger partial charge in [0.15, 0.2) is 0 Å². The number of hydrogen-bond acceptors (Lipinski definition) is 4. The summed E-state index contributed by atoms with van der Waals surface area (Å²) in [5.41, 5.74) is 3.09. The number of aromatic nitrogens is 1. The van der Waals surface area contributed by atoms with E-state index in [-0.39, 0.29) is 11.9 Å². The Hall–Kier alpha value is -3.18. The van der Waals surface area contributed by atoms with Crippen LogP contribution in [0.5, 0.6) is 5.75 Å². The molecule has 0 saturated carbocycles. The fourth-order valence-electron chi connectivity index (χ4n) is 3.92. The molecule has 1 fully saturated rings. The first kappa shape index (κ1) is 19.2. The van der Waals surface area contributed by atoms with E-state index < -0.39 is 0 Å². The first-order valence-corrected chi connectivity index (χ1v) is 9.88. The summed E-state index contributed by atoms with van der Waals surface area (Å²) in [4.78, 5) is 21.2. The lowest BCUT2D eigenvalue weighted by atomic mass is 9.96. The maximum Gasteiger partial charge on any atom is 0.255 e. The molecule has 0 N–H and O–H groups in total. The lowest BCUT2D eigenvalue weighted by Crippen LogP contribution is -2.49. The Morgan fingerprint density at radius 1 is 0.931 bits per heavy atom. The van der Waals surface area contributed by atoms with Gasteiger partial charge in [0.1, 0.15) is 5.75 Å². The Morgan fingerprint density at radius 3 is 2.38 bits per heavy atom. The first-order valence-electron chi connectivity index (χ1n) is 9.88.